The van der Waals surface area contributed by atoms with Gasteiger partial charge < -0.3 is 9.30 Å². The number of hydrogen-bond acceptors (Lipinski definition) is 2. The maximum absolute atomic E-state index is 6.06. The molecule has 3 nitrogen and oxygen atoms in total. The number of aromatic nitrogens is 2. The highest BCUT2D eigenvalue weighted by Gasteiger charge is 2.16. The Balaban J connectivity index is 0.00000245. The average Bonchev–Trinajstić information content (AvgIpc) is 3.11. The van der Waals surface area contributed by atoms with Gasteiger partial charge in [-0.05, 0) is 53.9 Å². The van der Waals surface area contributed by atoms with Gasteiger partial charge in [0.25, 0.3) is 0 Å². The van der Waals surface area contributed by atoms with Gasteiger partial charge in [-0.1, -0.05) is 60.7 Å². The van der Waals surface area contributed by atoms with E-state index in [4.69, 9.17) is 4.74 Å². The van der Waals surface area contributed by atoms with E-state index in [0.29, 0.717) is 6.61 Å². The molecule has 32 heavy (non-hydrogen) atoms. The van der Waals surface area contributed by atoms with Crippen molar-refractivity contribution in [1.29, 1.82) is 0 Å². The van der Waals surface area contributed by atoms with Crippen LogP contribution in [0.15, 0.2) is 103 Å². The molecule has 5 aromatic rings. The highest BCUT2D eigenvalue weighted by atomic mass is 35.5. The maximum atomic E-state index is 6.06. The van der Waals surface area contributed by atoms with Crippen LogP contribution in [0, 0.1) is 6.92 Å². The molecule has 0 aliphatic rings. The first kappa shape index (κ1) is 21.7. The zero-order valence-electron chi connectivity index (χ0n) is 17.9. The summed E-state index contributed by atoms with van der Waals surface area (Å²) in [5, 5.41) is 1.28. The lowest BCUT2D eigenvalue weighted by molar-refractivity contribution is 0.306. The Morgan fingerprint density at radius 1 is 0.812 bits per heavy atom. The van der Waals surface area contributed by atoms with Crippen LogP contribution in [0.1, 0.15) is 16.7 Å². The number of pyridine rings is 1. The molecule has 0 saturated carbocycles. The molecule has 5 rings (SSSR count). The van der Waals surface area contributed by atoms with Crippen LogP contribution in [0.3, 0.4) is 0 Å². The van der Waals surface area contributed by atoms with E-state index in [2.05, 4.69) is 77.1 Å². The van der Waals surface area contributed by atoms with Gasteiger partial charge in [0.15, 0.2) is 0 Å². The fourth-order valence-corrected chi connectivity index (χ4v) is 4.17. The Kier molecular flexibility index (Phi) is 6.58. The van der Waals surface area contributed by atoms with Crippen molar-refractivity contribution in [1.82, 2.24) is 9.55 Å². The van der Waals surface area contributed by atoms with Crippen LogP contribution in [-0.2, 0) is 13.2 Å². The van der Waals surface area contributed by atoms with E-state index < -0.39 is 0 Å². The smallest absolute Gasteiger partial charge is 0.120 e. The van der Waals surface area contributed by atoms with E-state index in [1.807, 2.05) is 42.7 Å². The van der Waals surface area contributed by atoms with Gasteiger partial charge in [0.2, 0.25) is 0 Å². The first-order chi connectivity index (χ1) is 15.3. The average molecular weight is 441 g/mol. The summed E-state index contributed by atoms with van der Waals surface area (Å²) in [7, 11) is 0. The molecule has 2 aromatic heterocycles. The molecule has 0 spiro atoms. The number of nitrogens with zero attached hydrogens (tertiary/aromatic N) is 2. The van der Waals surface area contributed by atoms with Crippen molar-refractivity contribution in [2.24, 2.45) is 0 Å². The topological polar surface area (TPSA) is 27.1 Å². The number of fused-ring (bicyclic) bond motifs is 1. The molecule has 0 bridgehead atoms. The zero-order valence-corrected chi connectivity index (χ0v) is 18.8. The first-order valence-electron chi connectivity index (χ1n) is 10.5. The van der Waals surface area contributed by atoms with E-state index in [1.165, 1.54) is 33.3 Å². The lowest BCUT2D eigenvalue weighted by atomic mass is 10.1. The molecule has 2 heterocycles. The molecule has 4 heteroatoms. The Bertz CT molecular complexity index is 1310. The van der Waals surface area contributed by atoms with Gasteiger partial charge in [-0.2, -0.15) is 0 Å². The molecule has 0 radical (unpaired) electrons. The van der Waals surface area contributed by atoms with E-state index >= 15 is 0 Å². The van der Waals surface area contributed by atoms with Gasteiger partial charge in [-0.15, -0.1) is 12.4 Å². The highest BCUT2D eigenvalue weighted by Crippen LogP contribution is 2.33. The van der Waals surface area contributed by atoms with Crippen molar-refractivity contribution in [2.45, 2.75) is 20.1 Å². The molecule has 3 aromatic carbocycles. The summed E-state index contributed by atoms with van der Waals surface area (Å²) in [5.74, 6) is 0.887. The summed E-state index contributed by atoms with van der Waals surface area (Å²) >= 11 is 0. The largest absolute Gasteiger partial charge is 0.489 e. The standard InChI is InChI=1S/C28H24N2O.ClH/c1-21-26-14-5-6-15-27(26)30(28(21)24-12-8-16-29-18-24)19-23-11-7-13-25(17-23)31-20-22-9-3-2-4-10-22;/h2-18H,19-20H2,1H3;1H. The lowest BCUT2D eigenvalue weighted by Crippen LogP contribution is -2.03. The number of rotatable bonds is 6. The normalized spacial score (nSPS) is 10.7. The third-order valence-electron chi connectivity index (χ3n) is 5.65. The van der Waals surface area contributed by atoms with Gasteiger partial charge in [-0.25, -0.2) is 0 Å². The summed E-state index contributed by atoms with van der Waals surface area (Å²) in [6, 6.07) is 31.4. The summed E-state index contributed by atoms with van der Waals surface area (Å²) < 4.78 is 8.45. The predicted octanol–water partition coefficient (Wildman–Crippen LogP) is 7.06. The molecule has 0 amide bonds. The van der Waals surface area contributed by atoms with Gasteiger partial charge in [-0.3, -0.25) is 4.98 Å². The van der Waals surface area contributed by atoms with Crippen molar-refractivity contribution in [3.63, 3.8) is 0 Å². The van der Waals surface area contributed by atoms with Crippen molar-refractivity contribution in [2.75, 3.05) is 0 Å². The molecule has 160 valence electrons. The molecule has 0 unspecified atom stereocenters. The van der Waals surface area contributed by atoms with Gasteiger partial charge in [0.05, 0.1) is 5.69 Å². The van der Waals surface area contributed by atoms with E-state index in [-0.39, 0.29) is 12.4 Å². The minimum atomic E-state index is 0. The van der Waals surface area contributed by atoms with Crippen LogP contribution < -0.4 is 4.74 Å². The molecular formula is C28H25ClN2O. The Hall–Kier alpha value is -3.56. The van der Waals surface area contributed by atoms with E-state index in [9.17, 15) is 0 Å². The molecule has 0 N–H and O–H groups in total. The van der Waals surface area contributed by atoms with Crippen LogP contribution in [0.25, 0.3) is 22.2 Å². The van der Waals surface area contributed by atoms with Crippen molar-refractivity contribution in [3.05, 3.63) is 120 Å². The summed E-state index contributed by atoms with van der Waals surface area (Å²) in [4.78, 5) is 4.35. The third kappa shape index (κ3) is 4.39. The zero-order chi connectivity index (χ0) is 21.0. The minimum absolute atomic E-state index is 0. The van der Waals surface area contributed by atoms with Crippen molar-refractivity contribution < 1.29 is 4.74 Å². The second-order valence-corrected chi connectivity index (χ2v) is 7.74. The second-order valence-electron chi connectivity index (χ2n) is 7.74. The number of hydrogen-bond donors (Lipinski definition) is 0. The number of ether oxygens (including phenoxy) is 1. The third-order valence-corrected chi connectivity index (χ3v) is 5.65. The minimum Gasteiger partial charge on any atom is -0.489 e. The number of halogens is 1. The quantitative estimate of drug-likeness (QED) is 0.282. The maximum Gasteiger partial charge on any atom is 0.120 e. The predicted molar refractivity (Wildman–Crippen MR) is 133 cm³/mol. The molecule has 0 aliphatic carbocycles. The number of para-hydroxylation sites is 1. The van der Waals surface area contributed by atoms with Crippen molar-refractivity contribution >= 4 is 23.3 Å². The van der Waals surface area contributed by atoms with Gasteiger partial charge >= 0.3 is 0 Å². The van der Waals surface area contributed by atoms with E-state index in [0.717, 1.165) is 17.9 Å². The number of aryl methyl sites for hydroxylation is 1. The monoisotopic (exact) mass is 440 g/mol. The summed E-state index contributed by atoms with van der Waals surface area (Å²) in [6.45, 7) is 3.53. The van der Waals surface area contributed by atoms with Crippen molar-refractivity contribution in [3.8, 4) is 17.0 Å². The molecular weight excluding hydrogens is 416 g/mol. The SMILES string of the molecule is Cc1c(-c2cccnc2)n(Cc2cccc(OCc3ccccc3)c2)c2ccccc12.Cl. The molecule has 0 aliphatic heterocycles. The first-order valence-corrected chi connectivity index (χ1v) is 10.5. The fraction of sp³-hybridized carbons (Fsp3) is 0.107. The van der Waals surface area contributed by atoms with E-state index in [1.54, 1.807) is 0 Å². The fourth-order valence-electron chi connectivity index (χ4n) is 4.17. The summed E-state index contributed by atoms with van der Waals surface area (Å²) in [6.07, 6.45) is 3.76. The Morgan fingerprint density at radius 3 is 2.41 bits per heavy atom. The molecule has 0 saturated heterocycles. The van der Waals surface area contributed by atoms with Crippen LogP contribution in [0.4, 0.5) is 0 Å². The second kappa shape index (κ2) is 9.71. The molecule has 0 atom stereocenters. The molecule has 0 fully saturated rings. The van der Waals surface area contributed by atoms with Crippen LogP contribution >= 0.6 is 12.4 Å². The summed E-state index contributed by atoms with van der Waals surface area (Å²) in [5.41, 5.74) is 7.22. The Morgan fingerprint density at radius 2 is 1.59 bits per heavy atom. The number of benzene rings is 3. The Labute approximate surface area is 194 Å². The van der Waals surface area contributed by atoms with Gasteiger partial charge in [0, 0.05) is 35.4 Å². The van der Waals surface area contributed by atoms with Crippen LogP contribution in [0.2, 0.25) is 0 Å². The van der Waals surface area contributed by atoms with Crippen LogP contribution in [-0.4, -0.2) is 9.55 Å². The lowest BCUT2D eigenvalue weighted by Gasteiger charge is -2.13. The highest BCUT2D eigenvalue weighted by molar-refractivity contribution is 5.91. The van der Waals surface area contributed by atoms with Crippen LogP contribution in [0.5, 0.6) is 5.75 Å². The van der Waals surface area contributed by atoms with Gasteiger partial charge in [0.1, 0.15) is 12.4 Å².